The maximum Gasteiger partial charge on any atom is 0.320 e. The molecule has 2 heterocycles. The maximum atomic E-state index is 10.4. The number of hydrogen-bond donors (Lipinski definition) is 3. The highest BCUT2D eigenvalue weighted by Gasteiger charge is 2.26. The Labute approximate surface area is 90.1 Å². The maximum absolute atomic E-state index is 10.4. The second kappa shape index (κ2) is 6.05. The van der Waals surface area contributed by atoms with Crippen molar-refractivity contribution in [1.82, 2.24) is 10.2 Å². The number of carboxylic acids is 1. The van der Waals surface area contributed by atoms with Crippen molar-refractivity contribution in [2.24, 2.45) is 0 Å². The van der Waals surface area contributed by atoms with Crippen molar-refractivity contribution in [1.29, 1.82) is 0 Å². The molecule has 5 nitrogen and oxygen atoms in total. The van der Waals surface area contributed by atoms with E-state index < -0.39 is 5.97 Å². The van der Waals surface area contributed by atoms with Crippen LogP contribution in [-0.4, -0.2) is 59.9 Å². The number of β-amino-alcohol motifs (C(OH)–C–C–N with tert-alkyl or cyclic N) is 1. The largest absolute Gasteiger partial charge is 0.480 e. The first-order chi connectivity index (χ1) is 7.11. The second-order valence-electron chi connectivity index (χ2n) is 4.12. The molecule has 2 aliphatic rings. The summed E-state index contributed by atoms with van der Waals surface area (Å²) in [5, 5.41) is 20.2. The van der Waals surface area contributed by atoms with Crippen LogP contribution in [0.5, 0.6) is 0 Å². The van der Waals surface area contributed by atoms with Crippen LogP contribution in [0.4, 0.5) is 0 Å². The van der Waals surface area contributed by atoms with Crippen LogP contribution < -0.4 is 5.32 Å². The van der Waals surface area contributed by atoms with Gasteiger partial charge in [-0.25, -0.2) is 0 Å². The molecule has 0 saturated carbocycles. The standard InChI is InChI=1S/C6H11NO2.C4H9NO/c1-7-4-2-3-5(7)6(8)9;6-4-1-2-5-3-4/h5H,2-4H2,1H3,(H,8,9);4-6H,1-3H2/t5-;4-/m01/s1. The number of rotatable bonds is 1. The summed E-state index contributed by atoms with van der Waals surface area (Å²) in [4.78, 5) is 12.2. The van der Waals surface area contributed by atoms with Gasteiger partial charge in [0.05, 0.1) is 6.10 Å². The van der Waals surface area contributed by atoms with Crippen LogP contribution in [-0.2, 0) is 4.79 Å². The fourth-order valence-electron chi connectivity index (χ4n) is 1.86. The minimum Gasteiger partial charge on any atom is -0.480 e. The second-order valence-corrected chi connectivity index (χ2v) is 4.12. The molecule has 0 aliphatic carbocycles. The van der Waals surface area contributed by atoms with Gasteiger partial charge in [0.2, 0.25) is 0 Å². The molecule has 0 bridgehead atoms. The average Bonchev–Trinajstić information content (AvgIpc) is 2.77. The Morgan fingerprint density at radius 3 is 2.40 bits per heavy atom. The van der Waals surface area contributed by atoms with Crippen molar-refractivity contribution in [3.05, 3.63) is 0 Å². The lowest BCUT2D eigenvalue weighted by Crippen LogP contribution is -2.32. The van der Waals surface area contributed by atoms with Crippen LogP contribution in [0.25, 0.3) is 0 Å². The lowest BCUT2D eigenvalue weighted by molar-refractivity contribution is -0.141. The van der Waals surface area contributed by atoms with Crippen molar-refractivity contribution in [2.45, 2.75) is 31.4 Å². The molecule has 88 valence electrons. The number of aliphatic carboxylic acids is 1. The average molecular weight is 216 g/mol. The number of likely N-dealkylation sites (tertiary alicyclic amines) is 1. The first kappa shape index (κ1) is 12.4. The molecule has 0 amide bonds. The van der Waals surface area contributed by atoms with Crippen LogP contribution >= 0.6 is 0 Å². The number of hydrogen-bond acceptors (Lipinski definition) is 4. The van der Waals surface area contributed by atoms with E-state index in [4.69, 9.17) is 10.2 Å². The fraction of sp³-hybridized carbons (Fsp3) is 0.900. The summed E-state index contributed by atoms with van der Waals surface area (Å²) in [6, 6.07) is -0.218. The van der Waals surface area contributed by atoms with E-state index in [0.29, 0.717) is 0 Å². The molecular formula is C10H20N2O3. The molecule has 3 N–H and O–H groups in total. The van der Waals surface area contributed by atoms with E-state index in [9.17, 15) is 4.79 Å². The highest BCUT2D eigenvalue weighted by molar-refractivity contribution is 5.73. The zero-order valence-corrected chi connectivity index (χ0v) is 9.15. The number of aliphatic hydroxyl groups excluding tert-OH is 1. The molecule has 2 rings (SSSR count). The van der Waals surface area contributed by atoms with E-state index in [2.05, 4.69) is 5.32 Å². The number of likely N-dealkylation sites (N-methyl/N-ethyl adjacent to an activating group) is 1. The van der Waals surface area contributed by atoms with E-state index in [1.165, 1.54) is 0 Å². The molecular weight excluding hydrogens is 196 g/mol. The third kappa shape index (κ3) is 4.15. The van der Waals surface area contributed by atoms with Crippen molar-refractivity contribution in [2.75, 3.05) is 26.7 Å². The predicted octanol–water partition coefficient (Wildman–Crippen LogP) is -0.494. The smallest absolute Gasteiger partial charge is 0.320 e. The minimum absolute atomic E-state index is 0.0648. The number of aliphatic hydroxyl groups is 1. The van der Waals surface area contributed by atoms with Crippen molar-refractivity contribution in [3.63, 3.8) is 0 Å². The van der Waals surface area contributed by atoms with E-state index >= 15 is 0 Å². The molecule has 0 aromatic rings. The summed E-state index contributed by atoms with van der Waals surface area (Å²) >= 11 is 0. The molecule has 15 heavy (non-hydrogen) atoms. The third-order valence-electron chi connectivity index (χ3n) is 2.84. The van der Waals surface area contributed by atoms with Crippen LogP contribution in [0.3, 0.4) is 0 Å². The van der Waals surface area contributed by atoms with Gasteiger partial charge in [-0.1, -0.05) is 0 Å². The zero-order valence-electron chi connectivity index (χ0n) is 9.15. The van der Waals surface area contributed by atoms with Crippen LogP contribution in [0.1, 0.15) is 19.3 Å². The fourth-order valence-corrected chi connectivity index (χ4v) is 1.86. The Bertz CT molecular complexity index is 205. The zero-order chi connectivity index (χ0) is 11.3. The molecule has 0 aromatic heterocycles. The Morgan fingerprint density at radius 2 is 2.20 bits per heavy atom. The van der Waals surface area contributed by atoms with Crippen molar-refractivity contribution >= 4 is 5.97 Å². The van der Waals surface area contributed by atoms with Gasteiger partial charge in [-0.05, 0) is 39.4 Å². The molecule has 5 heteroatoms. The van der Waals surface area contributed by atoms with Gasteiger partial charge < -0.3 is 15.5 Å². The van der Waals surface area contributed by atoms with Crippen LogP contribution in [0.2, 0.25) is 0 Å². The quantitative estimate of drug-likeness (QED) is 0.551. The first-order valence-corrected chi connectivity index (χ1v) is 5.43. The SMILES string of the molecule is CN1CCC[C@H]1C(=O)O.O[C@@H]1CCNC1. The van der Waals surface area contributed by atoms with E-state index in [-0.39, 0.29) is 12.1 Å². The molecule has 2 atom stereocenters. The Balaban J connectivity index is 0.000000162. The lowest BCUT2D eigenvalue weighted by atomic mass is 10.2. The Kier molecular flexibility index (Phi) is 5.01. The normalized spacial score (nSPS) is 31.1. The third-order valence-corrected chi connectivity index (χ3v) is 2.84. The van der Waals surface area contributed by atoms with Crippen LogP contribution in [0, 0.1) is 0 Å². The summed E-state index contributed by atoms with van der Waals surface area (Å²) in [5.41, 5.74) is 0. The van der Waals surface area contributed by atoms with Crippen molar-refractivity contribution in [3.8, 4) is 0 Å². The van der Waals surface area contributed by atoms with Gasteiger partial charge >= 0.3 is 5.97 Å². The highest BCUT2D eigenvalue weighted by Crippen LogP contribution is 2.13. The molecule has 2 fully saturated rings. The molecule has 0 unspecified atom stereocenters. The van der Waals surface area contributed by atoms with E-state index in [1.54, 1.807) is 0 Å². The molecule has 0 aromatic carbocycles. The first-order valence-electron chi connectivity index (χ1n) is 5.43. The van der Waals surface area contributed by atoms with Crippen LogP contribution in [0.15, 0.2) is 0 Å². The van der Waals surface area contributed by atoms with Gasteiger partial charge in [0, 0.05) is 6.54 Å². The number of carboxylic acid groups (broad SMARTS) is 1. The van der Waals surface area contributed by atoms with Gasteiger partial charge in [-0.15, -0.1) is 0 Å². The summed E-state index contributed by atoms with van der Waals surface area (Å²) in [7, 11) is 1.85. The summed E-state index contributed by atoms with van der Waals surface area (Å²) < 4.78 is 0. The van der Waals surface area contributed by atoms with Gasteiger partial charge in [0.15, 0.2) is 0 Å². The van der Waals surface area contributed by atoms with Gasteiger partial charge in [0.1, 0.15) is 6.04 Å². The van der Waals surface area contributed by atoms with Crippen molar-refractivity contribution < 1.29 is 15.0 Å². The highest BCUT2D eigenvalue weighted by atomic mass is 16.4. The number of nitrogens with zero attached hydrogens (tertiary/aromatic N) is 1. The van der Waals surface area contributed by atoms with Gasteiger partial charge in [-0.2, -0.15) is 0 Å². The lowest BCUT2D eigenvalue weighted by Gasteiger charge is -2.13. The summed E-state index contributed by atoms with van der Waals surface area (Å²) in [6.07, 6.45) is 2.70. The molecule has 2 aliphatic heterocycles. The number of nitrogens with one attached hydrogen (secondary N) is 1. The topological polar surface area (TPSA) is 72.8 Å². The Hall–Kier alpha value is -0.650. The Morgan fingerprint density at radius 1 is 1.47 bits per heavy atom. The molecule has 0 spiro atoms. The van der Waals surface area contributed by atoms with Gasteiger partial charge in [0.25, 0.3) is 0 Å². The molecule has 2 saturated heterocycles. The number of carbonyl (C=O) groups is 1. The minimum atomic E-state index is -0.685. The predicted molar refractivity (Wildman–Crippen MR) is 56.8 cm³/mol. The summed E-state index contributed by atoms with van der Waals surface area (Å²) in [5.74, 6) is -0.685. The van der Waals surface area contributed by atoms with E-state index in [1.807, 2.05) is 11.9 Å². The van der Waals surface area contributed by atoms with E-state index in [0.717, 1.165) is 38.9 Å². The summed E-state index contributed by atoms with van der Waals surface area (Å²) in [6.45, 7) is 2.71. The van der Waals surface area contributed by atoms with Gasteiger partial charge in [-0.3, -0.25) is 9.69 Å². The molecule has 0 radical (unpaired) electrons. The monoisotopic (exact) mass is 216 g/mol.